The van der Waals surface area contributed by atoms with Crippen LogP contribution in [0.5, 0.6) is 0 Å². The van der Waals surface area contributed by atoms with Crippen LogP contribution in [0.3, 0.4) is 0 Å². The van der Waals surface area contributed by atoms with E-state index in [2.05, 4.69) is 10.3 Å². The molecule has 0 atom stereocenters. The molecule has 0 aliphatic rings. The highest BCUT2D eigenvalue weighted by Crippen LogP contribution is 1.93. The molecule has 1 amide bonds. The third kappa shape index (κ3) is 4.95. The van der Waals surface area contributed by atoms with Gasteiger partial charge in [-0.25, -0.2) is 0 Å². The maximum atomic E-state index is 10.8. The number of carbonyl (C=O) groups excluding carboxylic acids is 1. The second kappa shape index (κ2) is 7.28. The van der Waals surface area contributed by atoms with Gasteiger partial charge in [0.05, 0.1) is 6.42 Å². The first-order chi connectivity index (χ1) is 6.33. The fraction of sp³-hybridized carbons (Fsp3) is 0.400. The van der Waals surface area contributed by atoms with E-state index in [-0.39, 0.29) is 5.91 Å². The zero-order chi connectivity index (χ0) is 10.1. The van der Waals surface area contributed by atoms with Crippen LogP contribution >= 0.6 is 0 Å². The summed E-state index contributed by atoms with van der Waals surface area (Å²) in [6.07, 6.45) is 2.04. The second-order valence-electron chi connectivity index (χ2n) is 2.17. The Morgan fingerprint density at radius 1 is 1.46 bits per heavy atom. The first-order valence-corrected chi connectivity index (χ1v) is 4.43. The number of likely N-dealkylation sites (N-methyl/N-ethyl adjacent to an activating group) is 1. The Morgan fingerprint density at radius 3 is 2.62 bits per heavy atom. The van der Waals surface area contributed by atoms with E-state index in [9.17, 15) is 4.79 Å². The van der Waals surface area contributed by atoms with Crippen LogP contribution in [0.4, 0.5) is 0 Å². The molecule has 0 aromatic carbocycles. The van der Waals surface area contributed by atoms with E-state index in [0.29, 0.717) is 6.42 Å². The van der Waals surface area contributed by atoms with Gasteiger partial charge in [-0.15, -0.1) is 0 Å². The molecule has 1 rings (SSSR count). The average Bonchev–Trinajstić information content (AvgIpc) is 2.22. The molecule has 72 valence electrons. The van der Waals surface area contributed by atoms with E-state index in [1.165, 1.54) is 0 Å². The van der Waals surface area contributed by atoms with Crippen LogP contribution in [-0.4, -0.2) is 17.9 Å². The van der Waals surface area contributed by atoms with E-state index >= 15 is 0 Å². The predicted octanol–water partition coefficient (Wildman–Crippen LogP) is 1.40. The lowest BCUT2D eigenvalue weighted by Gasteiger charge is -1.97. The summed E-state index contributed by atoms with van der Waals surface area (Å²) in [5.74, 6) is -0.0105. The number of nitrogens with one attached hydrogen (secondary N) is 1. The van der Waals surface area contributed by atoms with Crippen molar-refractivity contribution in [2.24, 2.45) is 0 Å². The molecule has 3 nitrogen and oxygen atoms in total. The summed E-state index contributed by atoms with van der Waals surface area (Å²) in [6, 6.07) is 5.52. The van der Waals surface area contributed by atoms with Gasteiger partial charge in [-0.1, -0.05) is 19.9 Å². The Bertz CT molecular complexity index is 234. The fourth-order valence-electron chi connectivity index (χ4n) is 0.756. The summed E-state index contributed by atoms with van der Waals surface area (Å²) < 4.78 is 0. The molecule has 0 saturated heterocycles. The summed E-state index contributed by atoms with van der Waals surface area (Å²) in [5.41, 5.74) is 0.798. The van der Waals surface area contributed by atoms with Crippen LogP contribution in [0.1, 0.15) is 19.5 Å². The van der Waals surface area contributed by atoms with E-state index in [1.807, 2.05) is 32.0 Å². The highest BCUT2D eigenvalue weighted by atomic mass is 16.1. The fourth-order valence-corrected chi connectivity index (χ4v) is 0.756. The minimum absolute atomic E-state index is 0.0105. The van der Waals surface area contributed by atoms with Crippen LogP contribution in [0.15, 0.2) is 24.4 Å². The molecule has 0 saturated carbocycles. The lowest BCUT2D eigenvalue weighted by Crippen LogP contribution is -2.20. The van der Waals surface area contributed by atoms with E-state index in [1.54, 1.807) is 13.2 Å². The zero-order valence-electron chi connectivity index (χ0n) is 8.37. The van der Waals surface area contributed by atoms with Gasteiger partial charge in [0, 0.05) is 18.9 Å². The predicted molar refractivity (Wildman–Crippen MR) is 53.4 cm³/mol. The van der Waals surface area contributed by atoms with Crippen molar-refractivity contribution in [3.63, 3.8) is 0 Å². The van der Waals surface area contributed by atoms with Crippen LogP contribution in [-0.2, 0) is 11.2 Å². The molecule has 1 N–H and O–H groups in total. The van der Waals surface area contributed by atoms with Crippen molar-refractivity contribution in [3.05, 3.63) is 30.1 Å². The number of rotatable bonds is 2. The lowest BCUT2D eigenvalue weighted by molar-refractivity contribution is -0.120. The van der Waals surface area contributed by atoms with Crippen LogP contribution in [0.25, 0.3) is 0 Å². The molecule has 0 fully saturated rings. The molecule has 0 bridgehead atoms. The smallest absolute Gasteiger partial charge is 0.225 e. The lowest BCUT2D eigenvalue weighted by atomic mass is 10.2. The monoisotopic (exact) mass is 180 g/mol. The largest absolute Gasteiger partial charge is 0.359 e. The van der Waals surface area contributed by atoms with Crippen molar-refractivity contribution in [1.29, 1.82) is 0 Å². The van der Waals surface area contributed by atoms with Gasteiger partial charge in [-0.05, 0) is 12.1 Å². The SMILES string of the molecule is CC.CNC(=O)Cc1ccccn1. The third-order valence-corrected chi connectivity index (χ3v) is 1.35. The summed E-state index contributed by atoms with van der Waals surface area (Å²) in [4.78, 5) is 14.8. The van der Waals surface area contributed by atoms with E-state index < -0.39 is 0 Å². The standard InChI is InChI=1S/C8H10N2O.C2H6/c1-9-8(11)6-7-4-2-3-5-10-7;1-2/h2-5H,6H2,1H3,(H,9,11);1-2H3. The summed E-state index contributed by atoms with van der Waals surface area (Å²) in [5, 5.41) is 2.53. The molecule has 0 aliphatic carbocycles. The van der Waals surface area contributed by atoms with Gasteiger partial charge in [0.25, 0.3) is 0 Å². The van der Waals surface area contributed by atoms with Crippen LogP contribution < -0.4 is 5.32 Å². The van der Waals surface area contributed by atoms with Crippen molar-refractivity contribution in [2.45, 2.75) is 20.3 Å². The first-order valence-electron chi connectivity index (χ1n) is 4.43. The van der Waals surface area contributed by atoms with Gasteiger partial charge in [0.1, 0.15) is 0 Å². The number of aromatic nitrogens is 1. The Labute approximate surface area is 79.2 Å². The van der Waals surface area contributed by atoms with Crippen molar-refractivity contribution in [3.8, 4) is 0 Å². The topological polar surface area (TPSA) is 42.0 Å². The second-order valence-corrected chi connectivity index (χ2v) is 2.17. The number of hydrogen-bond acceptors (Lipinski definition) is 2. The maximum Gasteiger partial charge on any atom is 0.225 e. The molecule has 3 heteroatoms. The number of amides is 1. The maximum absolute atomic E-state index is 10.8. The van der Waals surface area contributed by atoms with Gasteiger partial charge < -0.3 is 5.32 Å². The quantitative estimate of drug-likeness (QED) is 0.747. The van der Waals surface area contributed by atoms with Gasteiger partial charge >= 0.3 is 0 Å². The van der Waals surface area contributed by atoms with Gasteiger partial charge in [0.2, 0.25) is 5.91 Å². The molecule has 1 aromatic heterocycles. The Balaban J connectivity index is 0.000000671. The third-order valence-electron chi connectivity index (χ3n) is 1.35. The molecule has 0 spiro atoms. The highest BCUT2D eigenvalue weighted by Gasteiger charge is 1.99. The number of pyridine rings is 1. The van der Waals surface area contributed by atoms with Gasteiger partial charge in [-0.2, -0.15) is 0 Å². The first kappa shape index (κ1) is 11.6. The minimum Gasteiger partial charge on any atom is -0.359 e. The van der Waals surface area contributed by atoms with Gasteiger partial charge in [-0.3, -0.25) is 9.78 Å². The molecular formula is C10H16N2O. The summed E-state index contributed by atoms with van der Waals surface area (Å²) in [7, 11) is 1.62. The number of nitrogens with zero attached hydrogens (tertiary/aromatic N) is 1. The Hall–Kier alpha value is -1.38. The molecule has 0 radical (unpaired) electrons. The van der Waals surface area contributed by atoms with Crippen molar-refractivity contribution >= 4 is 5.91 Å². The molecule has 13 heavy (non-hydrogen) atoms. The number of hydrogen-bond donors (Lipinski definition) is 1. The molecule has 0 unspecified atom stereocenters. The van der Waals surface area contributed by atoms with Crippen LogP contribution in [0, 0.1) is 0 Å². The van der Waals surface area contributed by atoms with Crippen molar-refractivity contribution in [2.75, 3.05) is 7.05 Å². The molecule has 0 aliphatic heterocycles. The Kier molecular flexibility index (Phi) is 6.51. The van der Waals surface area contributed by atoms with Crippen molar-refractivity contribution in [1.82, 2.24) is 10.3 Å². The van der Waals surface area contributed by atoms with E-state index in [0.717, 1.165) is 5.69 Å². The van der Waals surface area contributed by atoms with Crippen molar-refractivity contribution < 1.29 is 4.79 Å². The molecule has 1 aromatic rings. The Morgan fingerprint density at radius 2 is 2.15 bits per heavy atom. The molecule has 1 heterocycles. The number of carbonyl (C=O) groups is 1. The highest BCUT2D eigenvalue weighted by molar-refractivity contribution is 5.77. The summed E-state index contributed by atoms with van der Waals surface area (Å²) in [6.45, 7) is 4.00. The summed E-state index contributed by atoms with van der Waals surface area (Å²) >= 11 is 0. The van der Waals surface area contributed by atoms with Crippen LogP contribution in [0.2, 0.25) is 0 Å². The normalized spacial score (nSPS) is 8.23. The molecular weight excluding hydrogens is 164 g/mol. The average molecular weight is 180 g/mol. The zero-order valence-corrected chi connectivity index (χ0v) is 8.37. The minimum atomic E-state index is -0.0105. The van der Waals surface area contributed by atoms with Gasteiger partial charge in [0.15, 0.2) is 0 Å². The van der Waals surface area contributed by atoms with E-state index in [4.69, 9.17) is 0 Å².